The molecule has 128 valence electrons. The van der Waals surface area contributed by atoms with Gasteiger partial charge in [0.05, 0.1) is 13.2 Å². The van der Waals surface area contributed by atoms with Gasteiger partial charge < -0.3 is 21.3 Å². The zero-order valence-electron chi connectivity index (χ0n) is 12.9. The van der Waals surface area contributed by atoms with Gasteiger partial charge in [0.15, 0.2) is 4.99 Å². The summed E-state index contributed by atoms with van der Waals surface area (Å²) in [5, 5.41) is 5.99. The van der Waals surface area contributed by atoms with Gasteiger partial charge in [-0.25, -0.2) is 8.78 Å². The monoisotopic (exact) mass is 352 g/mol. The number of fused-ring (bicyclic) bond motifs is 1. The Hall–Kier alpha value is -2.22. The molecule has 1 aliphatic carbocycles. The Morgan fingerprint density at radius 3 is 3.00 bits per heavy atom. The molecule has 5 nitrogen and oxygen atoms in total. The first-order valence-corrected chi connectivity index (χ1v) is 8.09. The summed E-state index contributed by atoms with van der Waals surface area (Å²) in [6.45, 7) is 0.989. The van der Waals surface area contributed by atoms with E-state index in [0.717, 1.165) is 23.7 Å². The van der Waals surface area contributed by atoms with Crippen molar-refractivity contribution in [3.63, 3.8) is 0 Å². The maximum absolute atomic E-state index is 13.8. The molecule has 0 bridgehead atoms. The molecule has 1 heterocycles. The normalized spacial score (nSPS) is 19.3. The van der Waals surface area contributed by atoms with Gasteiger partial charge in [-0.05, 0) is 36.5 Å². The number of nitrogens with one attached hydrogen (secondary N) is 2. The van der Waals surface area contributed by atoms with E-state index in [1.54, 1.807) is 0 Å². The zero-order chi connectivity index (χ0) is 17.3. The first kappa shape index (κ1) is 16.6. The fourth-order valence-corrected chi connectivity index (χ4v) is 3.23. The summed E-state index contributed by atoms with van der Waals surface area (Å²) in [5.41, 5.74) is 7.32. The van der Waals surface area contributed by atoms with Crippen molar-refractivity contribution in [2.24, 2.45) is 5.73 Å². The van der Waals surface area contributed by atoms with Gasteiger partial charge >= 0.3 is 0 Å². The molecule has 1 aromatic carbocycles. The van der Waals surface area contributed by atoms with Crippen molar-refractivity contribution in [3.05, 3.63) is 46.8 Å². The van der Waals surface area contributed by atoms with E-state index in [2.05, 4.69) is 15.5 Å². The SMILES string of the molecule is NC(=O)C(=S)NCC1=CN([C@H]2CCc3c(F)cc(F)cc3C2)CN1. The number of carbonyl (C=O) groups is 1. The second kappa shape index (κ2) is 6.72. The summed E-state index contributed by atoms with van der Waals surface area (Å²) in [4.78, 5) is 13.0. The quantitative estimate of drug-likeness (QED) is 0.706. The van der Waals surface area contributed by atoms with Crippen molar-refractivity contribution < 1.29 is 13.6 Å². The van der Waals surface area contributed by atoms with Crippen LogP contribution in [0, 0.1) is 11.6 Å². The summed E-state index contributed by atoms with van der Waals surface area (Å²) in [6.07, 6.45) is 3.94. The Bertz CT molecular complexity index is 722. The number of carbonyl (C=O) groups excluding carboxylic acids is 1. The Kier molecular flexibility index (Phi) is 4.66. The minimum atomic E-state index is -0.659. The fraction of sp³-hybridized carbons (Fsp3) is 0.375. The van der Waals surface area contributed by atoms with Crippen LogP contribution in [0.1, 0.15) is 17.5 Å². The van der Waals surface area contributed by atoms with E-state index in [9.17, 15) is 13.6 Å². The molecule has 0 fully saturated rings. The second-order valence-electron chi connectivity index (χ2n) is 5.97. The van der Waals surface area contributed by atoms with Crippen molar-refractivity contribution in [3.8, 4) is 0 Å². The van der Waals surface area contributed by atoms with Crippen molar-refractivity contribution in [2.45, 2.75) is 25.3 Å². The van der Waals surface area contributed by atoms with Gasteiger partial charge in [0.2, 0.25) is 0 Å². The molecule has 24 heavy (non-hydrogen) atoms. The van der Waals surface area contributed by atoms with Crippen LogP contribution in [0.4, 0.5) is 8.78 Å². The smallest absolute Gasteiger partial charge is 0.276 e. The van der Waals surface area contributed by atoms with Crippen LogP contribution in [0.15, 0.2) is 24.0 Å². The molecular weight excluding hydrogens is 334 g/mol. The number of halogens is 2. The lowest BCUT2D eigenvalue weighted by Crippen LogP contribution is -2.38. The molecule has 0 aromatic heterocycles. The number of thiocarbonyl (C=S) groups is 1. The van der Waals surface area contributed by atoms with Crippen molar-refractivity contribution in [1.82, 2.24) is 15.5 Å². The van der Waals surface area contributed by atoms with Crippen LogP contribution in [0.2, 0.25) is 0 Å². The molecule has 0 unspecified atom stereocenters. The van der Waals surface area contributed by atoms with Gasteiger partial charge in [-0.15, -0.1) is 0 Å². The van der Waals surface area contributed by atoms with Crippen molar-refractivity contribution >= 4 is 23.1 Å². The average molecular weight is 352 g/mol. The molecule has 0 radical (unpaired) electrons. The Labute approximate surface area is 143 Å². The van der Waals surface area contributed by atoms with Gasteiger partial charge in [0.1, 0.15) is 11.6 Å². The number of primary amides is 1. The molecule has 3 rings (SSSR count). The van der Waals surface area contributed by atoms with Gasteiger partial charge in [0.25, 0.3) is 5.91 Å². The highest BCUT2D eigenvalue weighted by Crippen LogP contribution is 2.28. The number of hydrogen-bond donors (Lipinski definition) is 3. The lowest BCUT2D eigenvalue weighted by Gasteiger charge is -2.32. The van der Waals surface area contributed by atoms with E-state index in [1.165, 1.54) is 6.07 Å². The van der Waals surface area contributed by atoms with Gasteiger partial charge in [-0.3, -0.25) is 4.79 Å². The summed E-state index contributed by atoms with van der Waals surface area (Å²) in [5.74, 6) is -1.65. The van der Waals surface area contributed by atoms with E-state index in [4.69, 9.17) is 18.0 Å². The average Bonchev–Trinajstić information content (AvgIpc) is 3.00. The zero-order valence-corrected chi connectivity index (χ0v) is 13.8. The van der Waals surface area contributed by atoms with E-state index >= 15 is 0 Å². The third-order valence-corrected chi connectivity index (χ3v) is 4.72. The predicted octanol–water partition coefficient (Wildman–Crippen LogP) is 0.928. The van der Waals surface area contributed by atoms with Crippen LogP contribution in [0.5, 0.6) is 0 Å². The molecule has 2 aliphatic rings. The number of nitrogens with zero attached hydrogens (tertiary/aromatic N) is 1. The van der Waals surface area contributed by atoms with Gasteiger partial charge in [-0.1, -0.05) is 12.2 Å². The van der Waals surface area contributed by atoms with Crippen LogP contribution in [-0.4, -0.2) is 35.1 Å². The van der Waals surface area contributed by atoms with Gasteiger partial charge in [0, 0.05) is 24.0 Å². The largest absolute Gasteiger partial charge is 0.368 e. The number of nitrogens with two attached hydrogens (primary N) is 1. The van der Waals surface area contributed by atoms with Crippen LogP contribution >= 0.6 is 12.2 Å². The number of rotatable bonds is 3. The van der Waals surface area contributed by atoms with E-state index in [1.807, 2.05) is 6.20 Å². The molecule has 0 saturated carbocycles. The molecule has 1 amide bonds. The maximum atomic E-state index is 13.8. The van der Waals surface area contributed by atoms with Crippen LogP contribution in [0.3, 0.4) is 0 Å². The van der Waals surface area contributed by atoms with Crippen LogP contribution in [0.25, 0.3) is 0 Å². The molecule has 1 aliphatic heterocycles. The van der Waals surface area contributed by atoms with Crippen molar-refractivity contribution in [1.29, 1.82) is 0 Å². The number of benzene rings is 1. The van der Waals surface area contributed by atoms with Gasteiger partial charge in [-0.2, -0.15) is 0 Å². The standard InChI is InChI=1S/C16H18F2N4OS/c17-10-3-9-4-12(1-2-13(9)14(18)5-10)22-7-11(21-8-22)6-20-16(24)15(19)23/h3,5,7,12,21H,1-2,4,6,8H2,(H2,19,23)(H,20,24)/t12-/m0/s1. The summed E-state index contributed by atoms with van der Waals surface area (Å²) >= 11 is 4.81. The molecular formula is C16H18F2N4OS. The fourth-order valence-electron chi connectivity index (χ4n) is 3.16. The summed E-state index contributed by atoms with van der Waals surface area (Å²) < 4.78 is 27.2. The summed E-state index contributed by atoms with van der Waals surface area (Å²) in [6, 6.07) is 2.54. The third kappa shape index (κ3) is 3.48. The van der Waals surface area contributed by atoms with E-state index < -0.39 is 17.5 Å². The first-order chi connectivity index (χ1) is 11.4. The summed E-state index contributed by atoms with van der Waals surface area (Å²) in [7, 11) is 0. The Morgan fingerprint density at radius 1 is 1.46 bits per heavy atom. The molecule has 1 atom stereocenters. The third-order valence-electron chi connectivity index (χ3n) is 4.38. The topological polar surface area (TPSA) is 70.4 Å². The lowest BCUT2D eigenvalue weighted by atomic mass is 9.87. The van der Waals surface area contributed by atoms with Crippen LogP contribution < -0.4 is 16.4 Å². The van der Waals surface area contributed by atoms with E-state index in [0.29, 0.717) is 31.6 Å². The molecule has 0 saturated heterocycles. The lowest BCUT2D eigenvalue weighted by molar-refractivity contribution is -0.112. The minimum absolute atomic E-state index is 0.00584. The minimum Gasteiger partial charge on any atom is -0.368 e. The molecule has 0 spiro atoms. The first-order valence-electron chi connectivity index (χ1n) is 7.69. The predicted molar refractivity (Wildman–Crippen MR) is 89.9 cm³/mol. The van der Waals surface area contributed by atoms with E-state index in [-0.39, 0.29) is 11.0 Å². The molecule has 8 heteroatoms. The Morgan fingerprint density at radius 2 is 2.25 bits per heavy atom. The molecule has 1 aromatic rings. The molecule has 4 N–H and O–H groups in total. The van der Waals surface area contributed by atoms with Crippen LogP contribution in [-0.2, 0) is 17.6 Å². The number of amides is 1. The van der Waals surface area contributed by atoms with Crippen molar-refractivity contribution in [2.75, 3.05) is 13.2 Å². The highest BCUT2D eigenvalue weighted by atomic mass is 32.1. The highest BCUT2D eigenvalue weighted by molar-refractivity contribution is 7.82. The number of hydrogen-bond acceptors (Lipinski definition) is 4. The highest BCUT2D eigenvalue weighted by Gasteiger charge is 2.27. The maximum Gasteiger partial charge on any atom is 0.276 e. The second-order valence-corrected chi connectivity index (χ2v) is 6.38. The Balaban J connectivity index is 1.64.